The van der Waals surface area contributed by atoms with Gasteiger partial charge in [-0.25, -0.2) is 0 Å². The van der Waals surface area contributed by atoms with Crippen LogP contribution in [0.15, 0.2) is 0 Å². The van der Waals surface area contributed by atoms with Crippen LogP contribution < -0.4 is 0 Å². The molecule has 0 saturated heterocycles. The van der Waals surface area contributed by atoms with E-state index < -0.39 is 7.26 Å². The summed E-state index contributed by atoms with van der Waals surface area (Å²) in [6, 6.07) is 0. The van der Waals surface area contributed by atoms with Crippen LogP contribution in [0.2, 0.25) is 0 Å². The molecule has 0 radical (unpaired) electrons. The normalized spacial score (nSPS) is 13.6. The van der Waals surface area contributed by atoms with Crippen molar-refractivity contribution in [3.05, 3.63) is 0 Å². The van der Waals surface area contributed by atoms with Gasteiger partial charge in [-0.1, -0.05) is 0 Å². The number of hydrogen-bond donors (Lipinski definition) is 0. The first-order valence-corrected chi connectivity index (χ1v) is 8.27. The van der Waals surface area contributed by atoms with Gasteiger partial charge in [-0.2, -0.15) is 0 Å². The van der Waals surface area contributed by atoms with Gasteiger partial charge in [0.2, 0.25) is 0 Å². The van der Waals surface area contributed by atoms with Crippen LogP contribution in [0, 0.1) is 0 Å². The summed E-state index contributed by atoms with van der Waals surface area (Å²) in [5.41, 5.74) is 0. The summed E-state index contributed by atoms with van der Waals surface area (Å²) >= 11 is 0. The Bertz CT molecular complexity index is 71.3. The molecule has 0 aromatic carbocycles. The van der Waals surface area contributed by atoms with Crippen LogP contribution in [0.25, 0.3) is 0 Å². The molecule has 0 bridgehead atoms. The van der Waals surface area contributed by atoms with E-state index in [4.69, 9.17) is 0 Å². The van der Waals surface area contributed by atoms with Gasteiger partial charge in [-0.05, 0) is 0 Å². The maximum absolute atomic E-state index is 2.46. The van der Waals surface area contributed by atoms with Crippen molar-refractivity contribution in [1.29, 1.82) is 0 Å². The molecule has 0 unspecified atom stereocenters. The fourth-order valence-corrected chi connectivity index (χ4v) is 2.39. The molecule has 64 valence electrons. The molecule has 0 aliphatic carbocycles. The molecule has 0 aliphatic heterocycles. The van der Waals surface area contributed by atoms with Crippen molar-refractivity contribution in [2.75, 3.05) is 26.2 Å². The van der Waals surface area contributed by atoms with Crippen LogP contribution in [-0.2, 0) is 0 Å². The summed E-state index contributed by atoms with van der Waals surface area (Å²) in [5.74, 6) is 0. The van der Waals surface area contributed by atoms with Crippen LogP contribution in [0.3, 0.4) is 0 Å². The Hall–Kier alpha value is 0.430. The van der Waals surface area contributed by atoms with Gasteiger partial charge >= 0.3 is 66.0 Å². The molecule has 0 atom stereocenters. The van der Waals surface area contributed by atoms with Crippen molar-refractivity contribution in [1.82, 2.24) is 0 Å². The van der Waals surface area contributed by atoms with Crippen molar-refractivity contribution in [2.24, 2.45) is 0 Å². The molecule has 0 spiro atoms. The van der Waals surface area contributed by atoms with E-state index in [0.29, 0.717) is 0 Å². The first-order chi connectivity index (χ1) is 4.56. The summed E-state index contributed by atoms with van der Waals surface area (Å²) in [6.07, 6.45) is 7.26. The zero-order chi connectivity index (χ0) is 8.04. The van der Waals surface area contributed by atoms with Crippen LogP contribution in [-0.4, -0.2) is 26.2 Å². The Morgan fingerprint density at radius 3 is 1.90 bits per heavy atom. The molecule has 10 heavy (non-hydrogen) atoms. The third-order valence-electron chi connectivity index (χ3n) is 1.78. The second-order valence-corrected chi connectivity index (χ2v) is 9.99. The molecule has 0 rings (SSSR count). The molecule has 0 nitrogen and oxygen atoms in total. The van der Waals surface area contributed by atoms with Gasteiger partial charge in [0.05, 0.1) is 0 Å². The van der Waals surface area contributed by atoms with Gasteiger partial charge in [-0.3, -0.25) is 0 Å². The Kier molecular flexibility index (Phi) is 5.35. The quantitative estimate of drug-likeness (QED) is 0.430. The molecule has 0 aromatic rings. The first kappa shape index (κ1) is 10.4. The molecule has 0 heterocycles. The van der Waals surface area contributed by atoms with E-state index in [9.17, 15) is 0 Å². The van der Waals surface area contributed by atoms with Crippen LogP contribution in [0.1, 0.15) is 32.6 Å². The fraction of sp³-hybridized carbons (Fsp3) is 1.00. The first-order valence-electron chi connectivity index (χ1n) is 4.56. The Morgan fingerprint density at radius 1 is 0.900 bits per heavy atom. The fourth-order valence-electron chi connectivity index (χ4n) is 1.08. The molecule has 0 saturated carbocycles. The van der Waals surface area contributed by atoms with Gasteiger partial charge in [0, 0.05) is 0 Å². The van der Waals surface area contributed by atoms with Gasteiger partial charge in [0.15, 0.2) is 0 Å². The van der Waals surface area contributed by atoms with Gasteiger partial charge < -0.3 is 0 Å². The van der Waals surface area contributed by atoms with E-state index in [0.717, 1.165) is 0 Å². The second-order valence-electron chi connectivity index (χ2n) is 4.37. The molecule has 0 aliphatic rings. The van der Waals surface area contributed by atoms with Crippen LogP contribution in [0.5, 0.6) is 0 Å². The Labute approximate surface area is 66.7 Å². The molecular formula is C9H23P. The van der Waals surface area contributed by atoms with Crippen molar-refractivity contribution < 1.29 is 0 Å². The van der Waals surface area contributed by atoms with Crippen molar-refractivity contribution in [2.45, 2.75) is 32.6 Å². The molecule has 0 fully saturated rings. The van der Waals surface area contributed by atoms with E-state index in [-0.39, 0.29) is 0 Å². The molecule has 0 amide bonds. The number of rotatable bonds is 5. The predicted octanol–water partition coefficient (Wildman–Crippen LogP) is 3.21. The summed E-state index contributed by atoms with van der Waals surface area (Å²) in [7, 11) is -0.707. The average molecular weight is 162 g/mol. The number of unbranched alkanes of at least 4 members (excludes halogenated alkanes) is 3. The van der Waals surface area contributed by atoms with Crippen molar-refractivity contribution >= 4 is 7.26 Å². The molecule has 0 N–H and O–H groups in total. The predicted molar refractivity (Wildman–Crippen MR) is 55.1 cm³/mol. The average Bonchev–Trinajstić information content (AvgIpc) is 1.78. The standard InChI is InChI=1S/C9H23P/c1-5-6-7-8-9-10(2,3)4/h10H,5-9H2,1-4H3. The van der Waals surface area contributed by atoms with Gasteiger partial charge in [0.25, 0.3) is 0 Å². The van der Waals surface area contributed by atoms with Crippen molar-refractivity contribution in [3.8, 4) is 0 Å². The van der Waals surface area contributed by atoms with E-state index in [1.54, 1.807) is 0 Å². The van der Waals surface area contributed by atoms with E-state index in [1.165, 1.54) is 31.8 Å². The zero-order valence-electron chi connectivity index (χ0n) is 8.04. The maximum atomic E-state index is 2.46. The second kappa shape index (κ2) is 5.13. The number of hydrogen-bond acceptors (Lipinski definition) is 0. The van der Waals surface area contributed by atoms with Crippen LogP contribution >= 0.6 is 7.26 Å². The topological polar surface area (TPSA) is 0 Å². The van der Waals surface area contributed by atoms with E-state index in [2.05, 4.69) is 26.9 Å². The molecule has 1 heteroatoms. The SMILES string of the molecule is CCCCCC[PH](C)(C)C. The minimum atomic E-state index is -0.707. The van der Waals surface area contributed by atoms with Gasteiger partial charge in [-0.15, -0.1) is 0 Å². The summed E-state index contributed by atoms with van der Waals surface area (Å²) < 4.78 is 0. The third kappa shape index (κ3) is 8.43. The van der Waals surface area contributed by atoms with E-state index >= 15 is 0 Å². The zero-order valence-corrected chi connectivity index (χ0v) is 9.04. The van der Waals surface area contributed by atoms with Crippen LogP contribution in [0.4, 0.5) is 0 Å². The third-order valence-corrected chi connectivity index (χ3v) is 3.63. The molecule has 0 aromatic heterocycles. The Balaban J connectivity index is 3.04. The summed E-state index contributed by atoms with van der Waals surface area (Å²) in [5, 5.41) is 0. The monoisotopic (exact) mass is 162 g/mol. The summed E-state index contributed by atoms with van der Waals surface area (Å²) in [6.45, 7) is 9.64. The van der Waals surface area contributed by atoms with E-state index in [1.807, 2.05) is 0 Å². The minimum absolute atomic E-state index is 0.707. The van der Waals surface area contributed by atoms with Crippen molar-refractivity contribution in [3.63, 3.8) is 0 Å². The molecular weight excluding hydrogens is 139 g/mol. The summed E-state index contributed by atoms with van der Waals surface area (Å²) in [4.78, 5) is 0. The van der Waals surface area contributed by atoms with Gasteiger partial charge in [0.1, 0.15) is 0 Å². The Morgan fingerprint density at radius 2 is 1.50 bits per heavy atom.